The highest BCUT2D eigenvalue weighted by atomic mass is 32.2. The van der Waals surface area contributed by atoms with E-state index in [1.54, 1.807) is 0 Å². The van der Waals surface area contributed by atoms with Crippen molar-refractivity contribution >= 4 is 35.5 Å². The monoisotopic (exact) mass is 486 g/mol. The van der Waals surface area contributed by atoms with E-state index in [1.807, 2.05) is 20.1 Å². The number of nitrogens with zero attached hydrogens (tertiary/aromatic N) is 1. The van der Waals surface area contributed by atoms with Crippen molar-refractivity contribution in [2.75, 3.05) is 18.6 Å². The Balaban J connectivity index is 2.79. The fourth-order valence-electron chi connectivity index (χ4n) is 2.94. The Morgan fingerprint density at radius 2 is 1.70 bits per heavy atom. The molecule has 0 bridgehead atoms. The van der Waals surface area contributed by atoms with Crippen molar-refractivity contribution in [3.8, 4) is 0 Å². The number of H-pyrrole nitrogens is 1. The first-order chi connectivity index (χ1) is 15.6. The number of aliphatic hydroxyl groups is 1. The van der Waals surface area contributed by atoms with Crippen LogP contribution < -0.4 is 21.7 Å². The van der Waals surface area contributed by atoms with Crippen molar-refractivity contribution in [1.29, 1.82) is 0 Å². The van der Waals surface area contributed by atoms with Gasteiger partial charge in [0, 0.05) is 18.3 Å². The molecule has 0 aliphatic carbocycles. The largest absolute Gasteiger partial charge is 0.480 e. The van der Waals surface area contributed by atoms with Crippen LogP contribution in [0.15, 0.2) is 12.5 Å². The lowest BCUT2D eigenvalue weighted by molar-refractivity contribution is -0.142. The second kappa shape index (κ2) is 14.5. The normalized spacial score (nSPS) is 14.7. The fourth-order valence-corrected chi connectivity index (χ4v) is 3.41. The second-order valence-corrected chi connectivity index (χ2v) is 8.99. The Bertz CT molecular complexity index is 775. The van der Waals surface area contributed by atoms with E-state index in [4.69, 9.17) is 5.73 Å². The van der Waals surface area contributed by atoms with Gasteiger partial charge in [0.2, 0.25) is 17.7 Å². The van der Waals surface area contributed by atoms with Crippen LogP contribution in [0.25, 0.3) is 0 Å². The van der Waals surface area contributed by atoms with Crippen molar-refractivity contribution < 1.29 is 29.4 Å². The molecule has 0 spiro atoms. The molecule has 0 aliphatic heterocycles. The third-order valence-corrected chi connectivity index (χ3v) is 5.36. The van der Waals surface area contributed by atoms with Crippen LogP contribution in [0.2, 0.25) is 0 Å². The summed E-state index contributed by atoms with van der Waals surface area (Å²) < 4.78 is 0. The number of amides is 3. The SMILES string of the molecule is CSCCC(NC(=O)C(CO)NC(=O)C(N)Cc1cnc[nH]1)C(=O)NC(CC(C)C)C(=O)O. The lowest BCUT2D eigenvalue weighted by atomic mass is 10.0. The van der Waals surface area contributed by atoms with Gasteiger partial charge in [-0.15, -0.1) is 0 Å². The van der Waals surface area contributed by atoms with Crippen LogP contribution in [0.3, 0.4) is 0 Å². The number of imidazole rings is 1. The number of aliphatic carboxylic acids is 1. The van der Waals surface area contributed by atoms with Gasteiger partial charge < -0.3 is 36.9 Å². The van der Waals surface area contributed by atoms with E-state index in [0.29, 0.717) is 11.4 Å². The summed E-state index contributed by atoms with van der Waals surface area (Å²) in [5.74, 6) is -2.71. The molecule has 0 saturated heterocycles. The van der Waals surface area contributed by atoms with Gasteiger partial charge in [-0.25, -0.2) is 9.78 Å². The van der Waals surface area contributed by atoms with Crippen LogP contribution in [-0.4, -0.2) is 86.7 Å². The molecule has 0 radical (unpaired) electrons. The standard InChI is InChI=1S/C20H34N6O6S/c1-11(2)6-15(20(31)32)25-18(29)14(4-5-33-3)24-19(30)16(9-27)26-17(28)13(21)7-12-8-22-10-23-12/h8,10-11,13-16,27H,4-7,9,21H2,1-3H3,(H,22,23)(H,24,30)(H,25,29)(H,26,28)(H,31,32). The molecule has 33 heavy (non-hydrogen) atoms. The number of aromatic amines is 1. The van der Waals surface area contributed by atoms with E-state index in [2.05, 4.69) is 25.9 Å². The zero-order valence-electron chi connectivity index (χ0n) is 19.0. The minimum atomic E-state index is -1.33. The van der Waals surface area contributed by atoms with Gasteiger partial charge in [0.15, 0.2) is 0 Å². The summed E-state index contributed by atoms with van der Waals surface area (Å²) in [5, 5.41) is 26.3. The van der Waals surface area contributed by atoms with Crippen molar-refractivity contribution in [3.05, 3.63) is 18.2 Å². The Kier molecular flexibility index (Phi) is 12.5. The molecule has 3 amide bonds. The maximum Gasteiger partial charge on any atom is 0.326 e. The highest BCUT2D eigenvalue weighted by molar-refractivity contribution is 7.98. The summed E-state index contributed by atoms with van der Waals surface area (Å²) in [7, 11) is 0. The molecule has 0 aliphatic rings. The van der Waals surface area contributed by atoms with Crippen molar-refractivity contribution in [2.24, 2.45) is 11.7 Å². The summed E-state index contributed by atoms with van der Waals surface area (Å²) in [4.78, 5) is 55.9. The number of hydrogen-bond donors (Lipinski definition) is 7. The first-order valence-electron chi connectivity index (χ1n) is 10.6. The molecule has 4 atom stereocenters. The number of rotatable bonds is 15. The minimum absolute atomic E-state index is 0.0330. The van der Waals surface area contributed by atoms with Gasteiger partial charge in [-0.05, 0) is 30.8 Å². The predicted molar refractivity (Wildman–Crippen MR) is 123 cm³/mol. The molecular weight excluding hydrogens is 452 g/mol. The number of aromatic nitrogens is 2. The molecular formula is C20H34N6O6S. The first kappa shape index (κ1) is 28.4. The molecule has 1 aromatic rings. The van der Waals surface area contributed by atoms with Crippen molar-refractivity contribution in [1.82, 2.24) is 25.9 Å². The van der Waals surface area contributed by atoms with E-state index in [9.17, 15) is 29.4 Å². The molecule has 0 fully saturated rings. The maximum atomic E-state index is 12.7. The van der Waals surface area contributed by atoms with Crippen LogP contribution >= 0.6 is 11.8 Å². The number of thioether (sulfide) groups is 1. The maximum absolute atomic E-state index is 12.7. The molecule has 1 heterocycles. The number of carboxylic acid groups (broad SMARTS) is 1. The Morgan fingerprint density at radius 1 is 1.09 bits per heavy atom. The smallest absolute Gasteiger partial charge is 0.326 e. The van der Waals surface area contributed by atoms with Crippen LogP contribution in [0, 0.1) is 5.92 Å². The van der Waals surface area contributed by atoms with E-state index >= 15 is 0 Å². The number of carboxylic acids is 1. The average Bonchev–Trinajstić information content (AvgIpc) is 3.26. The molecule has 1 aromatic heterocycles. The van der Waals surface area contributed by atoms with Gasteiger partial charge >= 0.3 is 5.97 Å². The number of carbonyl (C=O) groups excluding carboxylic acids is 3. The third kappa shape index (κ3) is 10.2. The first-order valence-corrected chi connectivity index (χ1v) is 11.9. The molecule has 1 rings (SSSR count). The highest BCUT2D eigenvalue weighted by Gasteiger charge is 2.30. The number of nitrogens with one attached hydrogen (secondary N) is 4. The van der Waals surface area contributed by atoms with Gasteiger partial charge in [-0.3, -0.25) is 14.4 Å². The Labute approximate surface area is 196 Å². The quantitative estimate of drug-likeness (QED) is 0.156. The van der Waals surface area contributed by atoms with Crippen LogP contribution in [-0.2, 0) is 25.6 Å². The molecule has 4 unspecified atom stereocenters. The van der Waals surface area contributed by atoms with Gasteiger partial charge in [-0.1, -0.05) is 13.8 Å². The molecule has 0 saturated carbocycles. The second-order valence-electron chi connectivity index (χ2n) is 8.00. The lowest BCUT2D eigenvalue weighted by Crippen LogP contribution is -2.58. The number of nitrogens with two attached hydrogens (primary N) is 1. The van der Waals surface area contributed by atoms with Gasteiger partial charge in [0.25, 0.3) is 0 Å². The van der Waals surface area contributed by atoms with Gasteiger partial charge in [-0.2, -0.15) is 11.8 Å². The van der Waals surface area contributed by atoms with Crippen LogP contribution in [0.4, 0.5) is 0 Å². The van der Waals surface area contributed by atoms with E-state index in [1.165, 1.54) is 24.3 Å². The third-order valence-electron chi connectivity index (χ3n) is 4.71. The van der Waals surface area contributed by atoms with Crippen molar-refractivity contribution in [3.63, 3.8) is 0 Å². The Morgan fingerprint density at radius 3 is 2.21 bits per heavy atom. The molecule has 12 nitrogen and oxygen atoms in total. The summed E-state index contributed by atoms with van der Waals surface area (Å²) in [6.45, 7) is 2.96. The summed E-state index contributed by atoms with van der Waals surface area (Å²) >= 11 is 1.45. The zero-order valence-corrected chi connectivity index (χ0v) is 19.9. The van der Waals surface area contributed by atoms with E-state index in [-0.39, 0.29) is 25.2 Å². The van der Waals surface area contributed by atoms with Crippen LogP contribution in [0.5, 0.6) is 0 Å². The van der Waals surface area contributed by atoms with Crippen molar-refractivity contribution in [2.45, 2.75) is 57.3 Å². The Hall–Kier alpha value is -2.64. The number of hydrogen-bond acceptors (Lipinski definition) is 8. The lowest BCUT2D eigenvalue weighted by Gasteiger charge is -2.24. The van der Waals surface area contributed by atoms with Gasteiger partial charge in [0.1, 0.15) is 18.1 Å². The highest BCUT2D eigenvalue weighted by Crippen LogP contribution is 2.07. The minimum Gasteiger partial charge on any atom is -0.480 e. The summed E-state index contributed by atoms with van der Waals surface area (Å²) in [5.41, 5.74) is 6.48. The van der Waals surface area contributed by atoms with E-state index in [0.717, 1.165) is 0 Å². The zero-order chi connectivity index (χ0) is 25.0. The molecule has 0 aromatic carbocycles. The molecule has 13 heteroatoms. The molecule has 8 N–H and O–H groups in total. The number of carbonyl (C=O) groups is 4. The topological polar surface area (TPSA) is 200 Å². The average molecular weight is 487 g/mol. The summed E-state index contributed by atoms with van der Waals surface area (Å²) in [6.07, 6.45) is 5.40. The molecule has 186 valence electrons. The van der Waals surface area contributed by atoms with Gasteiger partial charge in [0.05, 0.1) is 19.0 Å². The number of aliphatic hydroxyl groups excluding tert-OH is 1. The summed E-state index contributed by atoms with van der Waals surface area (Å²) in [6, 6.07) is -4.46. The van der Waals surface area contributed by atoms with E-state index < -0.39 is 54.5 Å². The predicted octanol–water partition coefficient (Wildman–Crippen LogP) is -1.39. The fraction of sp³-hybridized carbons (Fsp3) is 0.650. The van der Waals surface area contributed by atoms with Crippen LogP contribution in [0.1, 0.15) is 32.4 Å².